The lowest BCUT2D eigenvalue weighted by atomic mass is 10.2. The fourth-order valence-corrected chi connectivity index (χ4v) is 2.16. The first kappa shape index (κ1) is 18.1. The number of benzene rings is 1. The zero-order valence-corrected chi connectivity index (χ0v) is 14.7. The summed E-state index contributed by atoms with van der Waals surface area (Å²) in [4.78, 5) is 23.9. The molecule has 0 bridgehead atoms. The number of rotatable bonds is 6. The van der Waals surface area contributed by atoms with Gasteiger partial charge in [0.25, 0.3) is 0 Å². The summed E-state index contributed by atoms with van der Waals surface area (Å²) in [6.45, 7) is 7.79. The second kappa shape index (κ2) is 7.11. The third-order valence-corrected chi connectivity index (χ3v) is 3.51. The first-order valence-corrected chi connectivity index (χ1v) is 8.15. The molecule has 6 heteroatoms. The smallest absolute Gasteiger partial charge is 0.408 e. The van der Waals surface area contributed by atoms with E-state index in [-0.39, 0.29) is 6.61 Å². The van der Waals surface area contributed by atoms with Crippen LogP contribution in [0.25, 0.3) is 0 Å². The molecule has 0 aliphatic heterocycles. The molecule has 24 heavy (non-hydrogen) atoms. The zero-order valence-electron chi connectivity index (χ0n) is 14.7. The van der Waals surface area contributed by atoms with E-state index in [1.807, 2.05) is 20.8 Å². The summed E-state index contributed by atoms with van der Waals surface area (Å²) >= 11 is 0. The minimum absolute atomic E-state index is 0.280. The largest absolute Gasteiger partial charge is 0.490 e. The summed E-state index contributed by atoms with van der Waals surface area (Å²) < 4.78 is 16.1. The van der Waals surface area contributed by atoms with Crippen molar-refractivity contribution >= 4 is 12.1 Å². The minimum atomic E-state index is -0.544. The van der Waals surface area contributed by atoms with Gasteiger partial charge in [-0.15, -0.1) is 0 Å². The topological polar surface area (TPSA) is 73.9 Å². The number of nitrogens with one attached hydrogen (secondary N) is 1. The van der Waals surface area contributed by atoms with Gasteiger partial charge >= 0.3 is 12.1 Å². The monoisotopic (exact) mass is 335 g/mol. The van der Waals surface area contributed by atoms with Gasteiger partial charge in [-0.05, 0) is 52.7 Å². The average molecular weight is 335 g/mol. The summed E-state index contributed by atoms with van der Waals surface area (Å²) in [7, 11) is 0. The van der Waals surface area contributed by atoms with Crippen LogP contribution in [0.2, 0.25) is 0 Å². The highest BCUT2D eigenvalue weighted by atomic mass is 16.6. The standard InChI is InChI=1S/C18H25NO5/c1-5-22-15(20)13-8-6-7-9-14(13)23-12-18(10-11-18)19-16(21)24-17(2,3)4/h6-9H,5,10-12H2,1-4H3,(H,19,21). The highest BCUT2D eigenvalue weighted by Gasteiger charge is 2.46. The first-order chi connectivity index (χ1) is 11.2. The summed E-state index contributed by atoms with van der Waals surface area (Å²) in [6, 6.07) is 6.92. The van der Waals surface area contributed by atoms with E-state index in [0.717, 1.165) is 12.8 Å². The van der Waals surface area contributed by atoms with Gasteiger partial charge in [0.1, 0.15) is 23.5 Å². The Morgan fingerprint density at radius 3 is 2.46 bits per heavy atom. The maximum atomic E-state index is 11.9. The molecule has 132 valence electrons. The molecule has 0 heterocycles. The van der Waals surface area contributed by atoms with Gasteiger partial charge < -0.3 is 19.5 Å². The molecule has 0 saturated heterocycles. The maximum Gasteiger partial charge on any atom is 0.408 e. The van der Waals surface area contributed by atoms with E-state index in [9.17, 15) is 9.59 Å². The quantitative estimate of drug-likeness (QED) is 0.808. The van der Waals surface area contributed by atoms with E-state index in [0.29, 0.717) is 17.9 Å². The van der Waals surface area contributed by atoms with Crippen LogP contribution in [-0.2, 0) is 9.47 Å². The number of ether oxygens (including phenoxy) is 3. The van der Waals surface area contributed by atoms with Gasteiger partial charge in [-0.2, -0.15) is 0 Å². The van der Waals surface area contributed by atoms with E-state index in [1.165, 1.54) is 0 Å². The predicted octanol–water partition coefficient (Wildman–Crippen LogP) is 3.30. The van der Waals surface area contributed by atoms with Gasteiger partial charge in [-0.3, -0.25) is 0 Å². The zero-order chi connectivity index (χ0) is 17.8. The second-order valence-corrected chi connectivity index (χ2v) is 6.91. The molecule has 1 aromatic rings. The third-order valence-electron chi connectivity index (χ3n) is 3.51. The average Bonchev–Trinajstić information content (AvgIpc) is 3.23. The molecule has 6 nitrogen and oxygen atoms in total. The molecule has 0 unspecified atom stereocenters. The Morgan fingerprint density at radius 1 is 1.21 bits per heavy atom. The van der Waals surface area contributed by atoms with Crippen molar-refractivity contribution < 1.29 is 23.8 Å². The third kappa shape index (κ3) is 5.15. The van der Waals surface area contributed by atoms with Crippen LogP contribution in [0.3, 0.4) is 0 Å². The molecule has 1 fully saturated rings. The van der Waals surface area contributed by atoms with E-state index in [1.54, 1.807) is 31.2 Å². The summed E-state index contributed by atoms with van der Waals surface area (Å²) in [5, 5.41) is 2.87. The Morgan fingerprint density at radius 2 is 1.88 bits per heavy atom. The number of amides is 1. The van der Waals surface area contributed by atoms with Crippen molar-refractivity contribution in [2.75, 3.05) is 13.2 Å². The fraction of sp³-hybridized carbons (Fsp3) is 0.556. The van der Waals surface area contributed by atoms with Gasteiger partial charge in [0.15, 0.2) is 0 Å². The Kier molecular flexibility index (Phi) is 5.36. The number of carbonyl (C=O) groups excluding carboxylic acids is 2. The first-order valence-electron chi connectivity index (χ1n) is 8.15. The van der Waals surface area contributed by atoms with Gasteiger partial charge in [0.05, 0.1) is 12.1 Å². The molecule has 1 aliphatic carbocycles. The van der Waals surface area contributed by atoms with Crippen molar-refractivity contribution in [1.82, 2.24) is 5.32 Å². The summed E-state index contributed by atoms with van der Waals surface area (Å²) in [6.07, 6.45) is 1.17. The molecule has 0 aromatic heterocycles. The molecule has 1 amide bonds. The van der Waals surface area contributed by atoms with E-state index >= 15 is 0 Å². The van der Waals surface area contributed by atoms with Gasteiger partial charge in [-0.25, -0.2) is 9.59 Å². The highest BCUT2D eigenvalue weighted by Crippen LogP contribution is 2.36. The van der Waals surface area contributed by atoms with Gasteiger partial charge in [0.2, 0.25) is 0 Å². The van der Waals surface area contributed by atoms with Gasteiger partial charge in [-0.1, -0.05) is 12.1 Å². The normalized spacial score (nSPS) is 15.3. The van der Waals surface area contributed by atoms with Crippen LogP contribution in [0.15, 0.2) is 24.3 Å². The SMILES string of the molecule is CCOC(=O)c1ccccc1OCC1(NC(=O)OC(C)(C)C)CC1. The van der Waals surface area contributed by atoms with Crippen molar-refractivity contribution in [2.45, 2.75) is 51.7 Å². The van der Waals surface area contributed by atoms with Crippen LogP contribution < -0.4 is 10.1 Å². The van der Waals surface area contributed by atoms with Crippen LogP contribution in [0.1, 0.15) is 50.9 Å². The number of alkyl carbamates (subject to hydrolysis) is 1. The Labute approximate surface area is 142 Å². The van der Waals surface area contributed by atoms with E-state index < -0.39 is 23.2 Å². The van der Waals surface area contributed by atoms with E-state index in [4.69, 9.17) is 14.2 Å². The molecule has 0 spiro atoms. The number of para-hydroxylation sites is 1. The van der Waals surface area contributed by atoms with Crippen molar-refractivity contribution in [3.8, 4) is 5.75 Å². The Hall–Kier alpha value is -2.24. The fourth-order valence-electron chi connectivity index (χ4n) is 2.16. The van der Waals surface area contributed by atoms with E-state index in [2.05, 4.69) is 5.32 Å². The second-order valence-electron chi connectivity index (χ2n) is 6.91. The molecular weight excluding hydrogens is 310 g/mol. The lowest BCUT2D eigenvalue weighted by Crippen LogP contribution is -2.44. The molecule has 0 radical (unpaired) electrons. The van der Waals surface area contributed by atoms with Crippen LogP contribution in [0.4, 0.5) is 4.79 Å². The van der Waals surface area contributed by atoms with Crippen molar-refractivity contribution in [1.29, 1.82) is 0 Å². The lowest BCUT2D eigenvalue weighted by Gasteiger charge is -2.23. The number of hydrogen-bond donors (Lipinski definition) is 1. The Bertz CT molecular complexity index is 602. The highest BCUT2D eigenvalue weighted by molar-refractivity contribution is 5.92. The molecule has 0 atom stereocenters. The summed E-state index contributed by atoms with van der Waals surface area (Å²) in [5.41, 5.74) is -0.589. The Balaban J connectivity index is 1.96. The van der Waals surface area contributed by atoms with Crippen LogP contribution in [0.5, 0.6) is 5.75 Å². The molecule has 1 aliphatic rings. The van der Waals surface area contributed by atoms with Crippen LogP contribution in [0, 0.1) is 0 Å². The number of esters is 1. The summed E-state index contributed by atoms with van der Waals surface area (Å²) in [5.74, 6) is 0.0336. The predicted molar refractivity (Wildman–Crippen MR) is 89.2 cm³/mol. The molecule has 2 rings (SSSR count). The number of carbonyl (C=O) groups is 2. The van der Waals surface area contributed by atoms with Crippen molar-refractivity contribution in [3.63, 3.8) is 0 Å². The molecular formula is C18H25NO5. The van der Waals surface area contributed by atoms with Gasteiger partial charge in [0, 0.05) is 0 Å². The minimum Gasteiger partial charge on any atom is -0.490 e. The maximum absolute atomic E-state index is 11.9. The van der Waals surface area contributed by atoms with Crippen molar-refractivity contribution in [2.24, 2.45) is 0 Å². The van der Waals surface area contributed by atoms with Crippen molar-refractivity contribution in [3.05, 3.63) is 29.8 Å². The number of hydrogen-bond acceptors (Lipinski definition) is 5. The molecule has 1 saturated carbocycles. The lowest BCUT2D eigenvalue weighted by molar-refractivity contribution is 0.0466. The van der Waals surface area contributed by atoms with Crippen LogP contribution >= 0.6 is 0 Å². The molecule has 1 aromatic carbocycles. The molecule has 1 N–H and O–H groups in total. The van der Waals surface area contributed by atoms with Crippen LogP contribution in [-0.4, -0.2) is 36.4 Å².